The van der Waals surface area contributed by atoms with Gasteiger partial charge in [-0.05, 0) is 20.3 Å². The molecule has 0 spiro atoms. The van der Waals surface area contributed by atoms with E-state index in [1.807, 2.05) is 32.5 Å². The molecule has 0 aliphatic carbocycles. The standard InChI is InChI=1S/C11H17N3/c1-5-11(3,12)7-6-10-8-13-14(4)9(10)2/h8H,5,12H2,1-4H3. The SMILES string of the molecule is CCC(C)(N)C#Cc1cnn(C)c1C. The Bertz CT molecular complexity index is 377. The first-order valence-electron chi connectivity index (χ1n) is 4.77. The highest BCUT2D eigenvalue weighted by Gasteiger charge is 2.10. The highest BCUT2D eigenvalue weighted by Crippen LogP contribution is 2.06. The summed E-state index contributed by atoms with van der Waals surface area (Å²) >= 11 is 0. The molecule has 0 saturated heterocycles. The maximum absolute atomic E-state index is 5.92. The van der Waals surface area contributed by atoms with Crippen LogP contribution in [0, 0.1) is 18.8 Å². The molecule has 2 N–H and O–H groups in total. The first kappa shape index (κ1) is 10.8. The van der Waals surface area contributed by atoms with Crippen LogP contribution in [0.1, 0.15) is 31.5 Å². The summed E-state index contributed by atoms with van der Waals surface area (Å²) < 4.78 is 1.81. The van der Waals surface area contributed by atoms with Crippen molar-refractivity contribution in [3.05, 3.63) is 17.5 Å². The summed E-state index contributed by atoms with van der Waals surface area (Å²) in [6.07, 6.45) is 2.62. The molecule has 76 valence electrons. The Morgan fingerprint density at radius 3 is 2.71 bits per heavy atom. The van der Waals surface area contributed by atoms with Crippen LogP contribution in [0.2, 0.25) is 0 Å². The second-order valence-corrected chi connectivity index (χ2v) is 3.79. The van der Waals surface area contributed by atoms with E-state index in [2.05, 4.69) is 16.9 Å². The molecular weight excluding hydrogens is 174 g/mol. The minimum Gasteiger partial charge on any atom is -0.315 e. The summed E-state index contributed by atoms with van der Waals surface area (Å²) in [4.78, 5) is 0. The topological polar surface area (TPSA) is 43.8 Å². The van der Waals surface area contributed by atoms with Crippen LogP contribution >= 0.6 is 0 Å². The van der Waals surface area contributed by atoms with Gasteiger partial charge in [-0.3, -0.25) is 4.68 Å². The number of nitrogens with zero attached hydrogens (tertiary/aromatic N) is 2. The Hall–Kier alpha value is -1.27. The number of aromatic nitrogens is 2. The van der Waals surface area contributed by atoms with Gasteiger partial charge in [-0.15, -0.1) is 0 Å². The van der Waals surface area contributed by atoms with Gasteiger partial charge >= 0.3 is 0 Å². The smallest absolute Gasteiger partial charge is 0.0748 e. The molecule has 0 saturated carbocycles. The maximum atomic E-state index is 5.92. The molecule has 0 amide bonds. The molecule has 1 aromatic rings. The molecule has 3 heteroatoms. The lowest BCUT2D eigenvalue weighted by Gasteiger charge is -2.13. The third kappa shape index (κ3) is 2.36. The normalized spacial score (nSPS) is 14.4. The summed E-state index contributed by atoms with van der Waals surface area (Å²) in [6, 6.07) is 0. The Labute approximate surface area is 85.3 Å². The van der Waals surface area contributed by atoms with E-state index in [1.165, 1.54) is 0 Å². The van der Waals surface area contributed by atoms with E-state index in [0.29, 0.717) is 0 Å². The number of hydrogen-bond acceptors (Lipinski definition) is 2. The molecule has 0 fully saturated rings. The lowest BCUT2D eigenvalue weighted by atomic mass is 10.0. The second kappa shape index (κ2) is 3.85. The van der Waals surface area contributed by atoms with Crippen molar-refractivity contribution in [3.63, 3.8) is 0 Å². The van der Waals surface area contributed by atoms with E-state index < -0.39 is 5.54 Å². The lowest BCUT2D eigenvalue weighted by molar-refractivity contribution is 0.586. The quantitative estimate of drug-likeness (QED) is 0.678. The van der Waals surface area contributed by atoms with E-state index in [1.54, 1.807) is 6.20 Å². The zero-order valence-corrected chi connectivity index (χ0v) is 9.26. The van der Waals surface area contributed by atoms with Crippen molar-refractivity contribution in [1.82, 2.24) is 9.78 Å². The van der Waals surface area contributed by atoms with E-state index in [0.717, 1.165) is 17.7 Å². The van der Waals surface area contributed by atoms with E-state index >= 15 is 0 Å². The van der Waals surface area contributed by atoms with Gasteiger partial charge in [0.1, 0.15) is 0 Å². The Morgan fingerprint density at radius 1 is 1.64 bits per heavy atom. The molecule has 1 unspecified atom stereocenters. The van der Waals surface area contributed by atoms with Crippen LogP contribution in [-0.4, -0.2) is 15.3 Å². The van der Waals surface area contributed by atoms with Crippen molar-refractivity contribution in [2.75, 3.05) is 0 Å². The monoisotopic (exact) mass is 191 g/mol. The highest BCUT2D eigenvalue weighted by atomic mass is 15.3. The van der Waals surface area contributed by atoms with Crippen molar-refractivity contribution in [3.8, 4) is 11.8 Å². The third-order valence-corrected chi connectivity index (χ3v) is 2.45. The van der Waals surface area contributed by atoms with Gasteiger partial charge in [0.15, 0.2) is 0 Å². The van der Waals surface area contributed by atoms with Crippen LogP contribution in [0.15, 0.2) is 6.20 Å². The fourth-order valence-electron chi connectivity index (χ4n) is 0.920. The van der Waals surface area contributed by atoms with Crippen molar-refractivity contribution < 1.29 is 0 Å². The van der Waals surface area contributed by atoms with Gasteiger partial charge in [0.25, 0.3) is 0 Å². The third-order valence-electron chi connectivity index (χ3n) is 2.45. The highest BCUT2D eigenvalue weighted by molar-refractivity contribution is 5.38. The van der Waals surface area contributed by atoms with Crippen molar-refractivity contribution in [2.45, 2.75) is 32.7 Å². The van der Waals surface area contributed by atoms with Gasteiger partial charge in [0.05, 0.1) is 23.0 Å². The molecule has 0 aromatic carbocycles. The number of nitrogens with two attached hydrogens (primary N) is 1. The molecule has 0 radical (unpaired) electrons. The summed E-state index contributed by atoms with van der Waals surface area (Å²) in [6.45, 7) is 5.97. The van der Waals surface area contributed by atoms with Crippen LogP contribution < -0.4 is 5.73 Å². The van der Waals surface area contributed by atoms with Gasteiger partial charge < -0.3 is 5.73 Å². The first-order valence-corrected chi connectivity index (χ1v) is 4.77. The van der Waals surface area contributed by atoms with Crippen molar-refractivity contribution in [2.24, 2.45) is 12.8 Å². The lowest BCUT2D eigenvalue weighted by Crippen LogP contribution is -2.33. The Balaban J connectivity index is 2.93. The Morgan fingerprint density at radius 2 is 2.29 bits per heavy atom. The zero-order chi connectivity index (χ0) is 10.8. The zero-order valence-electron chi connectivity index (χ0n) is 9.26. The van der Waals surface area contributed by atoms with E-state index in [-0.39, 0.29) is 0 Å². The second-order valence-electron chi connectivity index (χ2n) is 3.79. The van der Waals surface area contributed by atoms with Crippen LogP contribution in [0.5, 0.6) is 0 Å². The molecule has 1 rings (SSSR count). The largest absolute Gasteiger partial charge is 0.315 e. The molecule has 1 atom stereocenters. The van der Waals surface area contributed by atoms with Crippen LogP contribution in [0.3, 0.4) is 0 Å². The molecular formula is C11H17N3. The predicted molar refractivity (Wildman–Crippen MR) is 57.7 cm³/mol. The van der Waals surface area contributed by atoms with E-state index in [4.69, 9.17) is 5.73 Å². The van der Waals surface area contributed by atoms with Crippen molar-refractivity contribution in [1.29, 1.82) is 0 Å². The number of rotatable bonds is 1. The summed E-state index contributed by atoms with van der Waals surface area (Å²) in [5.74, 6) is 6.12. The van der Waals surface area contributed by atoms with Crippen LogP contribution in [0.4, 0.5) is 0 Å². The molecule has 0 aliphatic heterocycles. The fourth-order valence-corrected chi connectivity index (χ4v) is 0.920. The summed E-state index contributed by atoms with van der Waals surface area (Å²) in [5.41, 5.74) is 7.55. The van der Waals surface area contributed by atoms with Crippen LogP contribution in [0.25, 0.3) is 0 Å². The molecule has 1 heterocycles. The fraction of sp³-hybridized carbons (Fsp3) is 0.545. The molecule has 3 nitrogen and oxygen atoms in total. The van der Waals surface area contributed by atoms with Crippen LogP contribution in [-0.2, 0) is 7.05 Å². The number of hydrogen-bond donors (Lipinski definition) is 1. The molecule has 1 aromatic heterocycles. The van der Waals surface area contributed by atoms with E-state index in [9.17, 15) is 0 Å². The first-order chi connectivity index (χ1) is 6.46. The minimum atomic E-state index is -0.401. The molecule has 14 heavy (non-hydrogen) atoms. The maximum Gasteiger partial charge on any atom is 0.0748 e. The van der Waals surface area contributed by atoms with Gasteiger partial charge in [-0.1, -0.05) is 18.8 Å². The van der Waals surface area contributed by atoms with Crippen molar-refractivity contribution >= 4 is 0 Å². The average molecular weight is 191 g/mol. The van der Waals surface area contributed by atoms with Gasteiger partial charge in [-0.25, -0.2) is 0 Å². The van der Waals surface area contributed by atoms with Gasteiger partial charge in [-0.2, -0.15) is 5.10 Å². The van der Waals surface area contributed by atoms with Gasteiger partial charge in [0, 0.05) is 7.05 Å². The molecule has 0 bridgehead atoms. The van der Waals surface area contributed by atoms with Gasteiger partial charge in [0.2, 0.25) is 0 Å². The molecule has 0 aliphatic rings. The Kier molecular flexibility index (Phi) is 2.97. The minimum absolute atomic E-state index is 0.401. The average Bonchev–Trinajstić information content (AvgIpc) is 2.45. The summed E-state index contributed by atoms with van der Waals surface area (Å²) in [5, 5.41) is 4.12. The summed E-state index contributed by atoms with van der Waals surface area (Å²) in [7, 11) is 1.90. The predicted octanol–water partition coefficient (Wildman–Crippen LogP) is 1.21. The number of aryl methyl sites for hydroxylation is 1.